The van der Waals surface area contributed by atoms with E-state index >= 15 is 0 Å². The third-order valence-electron chi connectivity index (χ3n) is 2.48. The molecule has 0 aromatic carbocycles. The summed E-state index contributed by atoms with van der Waals surface area (Å²) >= 11 is 0. The van der Waals surface area contributed by atoms with Gasteiger partial charge in [-0.3, -0.25) is 4.79 Å². The first-order valence-electron chi connectivity index (χ1n) is 4.61. The lowest BCUT2D eigenvalue weighted by molar-refractivity contribution is -0.178. The summed E-state index contributed by atoms with van der Waals surface area (Å²) in [5, 5.41) is 13.3. The van der Waals surface area contributed by atoms with Crippen molar-refractivity contribution in [3.8, 4) is 0 Å². The number of nitrogens with one attached hydrogen (secondary N) is 2. The summed E-state index contributed by atoms with van der Waals surface area (Å²) in [4.78, 5) is 21.7. The highest BCUT2D eigenvalue weighted by Crippen LogP contribution is 2.22. The minimum atomic E-state index is -5.06. The zero-order valence-corrected chi connectivity index (χ0v) is 8.23. The predicted molar refractivity (Wildman–Crippen MR) is 46.7 cm³/mol. The summed E-state index contributed by atoms with van der Waals surface area (Å²) in [6.45, 7) is 0.509. The molecule has 1 aliphatic heterocycles. The van der Waals surface area contributed by atoms with Crippen LogP contribution in [0.2, 0.25) is 0 Å². The second kappa shape index (κ2) is 4.28. The molecule has 1 fully saturated rings. The van der Waals surface area contributed by atoms with E-state index in [0.29, 0.717) is 0 Å². The lowest BCUT2D eigenvalue weighted by Gasteiger charge is -2.34. The number of carbonyl (C=O) groups excluding carboxylic acids is 1. The molecule has 0 radical (unpaired) electrons. The first-order valence-corrected chi connectivity index (χ1v) is 4.61. The average molecular weight is 240 g/mol. The maximum absolute atomic E-state index is 12.0. The van der Waals surface area contributed by atoms with Gasteiger partial charge < -0.3 is 15.7 Å². The van der Waals surface area contributed by atoms with Gasteiger partial charge in [0.1, 0.15) is 5.54 Å². The first-order chi connectivity index (χ1) is 7.28. The molecule has 8 heteroatoms. The Bertz CT molecular complexity index is 297. The van der Waals surface area contributed by atoms with Crippen LogP contribution in [0, 0.1) is 0 Å². The van der Waals surface area contributed by atoms with Crippen LogP contribution in [0.15, 0.2) is 0 Å². The second-order valence-electron chi connectivity index (χ2n) is 3.59. The maximum Gasteiger partial charge on any atom is 0.471 e. The van der Waals surface area contributed by atoms with Crippen LogP contribution in [0.3, 0.4) is 0 Å². The normalized spacial score (nSPS) is 20.2. The van der Waals surface area contributed by atoms with Gasteiger partial charge in [-0.1, -0.05) is 0 Å². The molecule has 0 bridgehead atoms. The summed E-state index contributed by atoms with van der Waals surface area (Å²) in [7, 11) is 0. The highest BCUT2D eigenvalue weighted by Gasteiger charge is 2.48. The number of rotatable bonds is 2. The number of piperidine rings is 1. The molecule has 0 unspecified atom stereocenters. The number of amides is 1. The number of hydrogen-bond acceptors (Lipinski definition) is 3. The molecule has 92 valence electrons. The van der Waals surface area contributed by atoms with Crippen molar-refractivity contribution in [3.05, 3.63) is 0 Å². The van der Waals surface area contributed by atoms with Gasteiger partial charge in [0.05, 0.1) is 0 Å². The minimum absolute atomic E-state index is 0.0653. The molecule has 3 N–H and O–H groups in total. The first kappa shape index (κ1) is 12.8. The van der Waals surface area contributed by atoms with Crippen LogP contribution < -0.4 is 10.6 Å². The molecule has 0 saturated carbocycles. The fourth-order valence-electron chi connectivity index (χ4n) is 1.53. The minimum Gasteiger partial charge on any atom is -0.480 e. The van der Waals surface area contributed by atoms with Crippen molar-refractivity contribution in [3.63, 3.8) is 0 Å². The molecule has 16 heavy (non-hydrogen) atoms. The Morgan fingerprint density at radius 1 is 1.25 bits per heavy atom. The SMILES string of the molecule is O=C(NC1(C(=O)O)CCNCC1)C(F)(F)F. The lowest BCUT2D eigenvalue weighted by Crippen LogP contribution is -2.61. The van der Waals surface area contributed by atoms with Crippen molar-refractivity contribution < 1.29 is 27.9 Å². The quantitative estimate of drug-likeness (QED) is 0.628. The third-order valence-corrected chi connectivity index (χ3v) is 2.48. The van der Waals surface area contributed by atoms with Crippen LogP contribution >= 0.6 is 0 Å². The molecule has 0 aliphatic carbocycles. The summed E-state index contributed by atoms with van der Waals surface area (Å²) in [5.74, 6) is -3.65. The van der Waals surface area contributed by atoms with E-state index in [9.17, 15) is 22.8 Å². The fourth-order valence-corrected chi connectivity index (χ4v) is 1.53. The number of alkyl halides is 3. The average Bonchev–Trinajstić information content (AvgIpc) is 2.17. The topological polar surface area (TPSA) is 78.4 Å². The Morgan fingerprint density at radius 3 is 2.12 bits per heavy atom. The summed E-state index contributed by atoms with van der Waals surface area (Å²) in [6, 6.07) is 0. The summed E-state index contributed by atoms with van der Waals surface area (Å²) in [6.07, 6.45) is -5.19. The van der Waals surface area contributed by atoms with Crippen LogP contribution in [0.25, 0.3) is 0 Å². The number of carboxylic acid groups (broad SMARTS) is 1. The number of hydrogen-bond donors (Lipinski definition) is 3. The highest BCUT2D eigenvalue weighted by atomic mass is 19.4. The smallest absolute Gasteiger partial charge is 0.471 e. The molecule has 1 rings (SSSR count). The molecule has 1 saturated heterocycles. The van der Waals surface area contributed by atoms with Crippen molar-refractivity contribution in [1.82, 2.24) is 10.6 Å². The largest absolute Gasteiger partial charge is 0.480 e. The molecule has 0 aromatic rings. The molecular weight excluding hydrogens is 229 g/mol. The Hall–Kier alpha value is -1.31. The van der Waals surface area contributed by atoms with Gasteiger partial charge in [0.25, 0.3) is 0 Å². The second-order valence-corrected chi connectivity index (χ2v) is 3.59. The summed E-state index contributed by atoms with van der Waals surface area (Å²) in [5.41, 5.74) is -1.81. The van der Waals surface area contributed by atoms with Gasteiger partial charge >= 0.3 is 18.1 Å². The van der Waals surface area contributed by atoms with E-state index in [0.717, 1.165) is 0 Å². The van der Waals surface area contributed by atoms with Gasteiger partial charge in [-0.15, -0.1) is 0 Å². The Morgan fingerprint density at radius 2 is 1.75 bits per heavy atom. The Labute approximate surface area is 89.0 Å². The van der Waals surface area contributed by atoms with E-state index in [2.05, 4.69) is 5.32 Å². The van der Waals surface area contributed by atoms with Gasteiger partial charge in [0.15, 0.2) is 0 Å². The number of aliphatic carboxylic acids is 1. The summed E-state index contributed by atoms with van der Waals surface area (Å²) < 4.78 is 36.1. The van der Waals surface area contributed by atoms with Crippen LogP contribution in [-0.2, 0) is 9.59 Å². The predicted octanol–water partition coefficient (Wildman–Crippen LogP) is -0.128. The van der Waals surface area contributed by atoms with Crippen LogP contribution in [0.1, 0.15) is 12.8 Å². The van der Waals surface area contributed by atoms with Crippen molar-refractivity contribution in [2.24, 2.45) is 0 Å². The zero-order valence-electron chi connectivity index (χ0n) is 8.23. The molecule has 1 amide bonds. The molecular formula is C8H11F3N2O3. The van der Waals surface area contributed by atoms with E-state index in [1.54, 1.807) is 5.32 Å². The van der Waals surface area contributed by atoms with Gasteiger partial charge in [0, 0.05) is 0 Å². The standard InChI is InChI=1S/C8H11F3N2O3/c9-8(10,11)5(14)13-7(6(15)16)1-3-12-4-2-7/h12H,1-4H2,(H,13,14)(H,15,16). The van der Waals surface area contributed by atoms with Crippen molar-refractivity contribution >= 4 is 11.9 Å². The number of halogens is 3. The number of carboxylic acids is 1. The van der Waals surface area contributed by atoms with Crippen molar-refractivity contribution in [2.45, 2.75) is 24.6 Å². The molecule has 1 heterocycles. The van der Waals surface area contributed by atoms with E-state index in [1.165, 1.54) is 0 Å². The van der Waals surface area contributed by atoms with E-state index in [-0.39, 0.29) is 25.9 Å². The van der Waals surface area contributed by atoms with Gasteiger partial charge in [-0.2, -0.15) is 13.2 Å². The van der Waals surface area contributed by atoms with Gasteiger partial charge in [0.2, 0.25) is 0 Å². The van der Waals surface area contributed by atoms with E-state index < -0.39 is 23.6 Å². The van der Waals surface area contributed by atoms with Gasteiger partial charge in [-0.05, 0) is 25.9 Å². The van der Waals surface area contributed by atoms with Crippen molar-refractivity contribution in [1.29, 1.82) is 0 Å². The molecule has 0 atom stereocenters. The van der Waals surface area contributed by atoms with Crippen molar-refractivity contribution in [2.75, 3.05) is 13.1 Å². The maximum atomic E-state index is 12.0. The molecule has 1 aliphatic rings. The van der Waals surface area contributed by atoms with Gasteiger partial charge in [-0.25, -0.2) is 4.79 Å². The van der Waals surface area contributed by atoms with Crippen LogP contribution in [-0.4, -0.2) is 41.8 Å². The number of carbonyl (C=O) groups is 2. The molecule has 5 nitrogen and oxygen atoms in total. The Kier molecular flexibility index (Phi) is 3.41. The molecule has 0 spiro atoms. The van der Waals surface area contributed by atoms with Crippen LogP contribution in [0.5, 0.6) is 0 Å². The fraction of sp³-hybridized carbons (Fsp3) is 0.750. The highest BCUT2D eigenvalue weighted by molar-refractivity contribution is 5.89. The van der Waals surface area contributed by atoms with Crippen LogP contribution in [0.4, 0.5) is 13.2 Å². The van der Waals surface area contributed by atoms with E-state index in [1.807, 2.05) is 0 Å². The molecule has 0 aromatic heterocycles. The Balaban J connectivity index is 2.79. The van der Waals surface area contributed by atoms with E-state index in [4.69, 9.17) is 5.11 Å². The third kappa shape index (κ3) is 2.63. The monoisotopic (exact) mass is 240 g/mol. The lowest BCUT2D eigenvalue weighted by atomic mass is 9.88. The zero-order chi connectivity index (χ0) is 12.4.